The molecule has 1 saturated heterocycles. The number of pyridine rings is 1. The van der Waals surface area contributed by atoms with E-state index in [1.165, 1.54) is 18.0 Å². The van der Waals surface area contributed by atoms with Crippen LogP contribution in [0.2, 0.25) is 5.15 Å². The topological polar surface area (TPSA) is 73.7 Å². The Balaban J connectivity index is 2.24. The summed E-state index contributed by atoms with van der Waals surface area (Å²) in [5.74, 6) is -0.508. The van der Waals surface area contributed by atoms with Crippen molar-refractivity contribution >= 4 is 45.2 Å². The van der Waals surface area contributed by atoms with Gasteiger partial charge in [0, 0.05) is 19.2 Å². The third kappa shape index (κ3) is 3.44. The maximum absolute atomic E-state index is 13.4. The lowest BCUT2D eigenvalue weighted by molar-refractivity contribution is -0.122. The van der Waals surface area contributed by atoms with Gasteiger partial charge in [-0.25, -0.2) is 14.2 Å². The Kier molecular flexibility index (Phi) is 4.67. The molecule has 2 heterocycles. The van der Waals surface area contributed by atoms with Crippen LogP contribution in [-0.4, -0.2) is 52.8 Å². The molecule has 9 heteroatoms. The van der Waals surface area contributed by atoms with Gasteiger partial charge in [-0.15, -0.1) is 0 Å². The minimum absolute atomic E-state index is 0.143. The molecule has 1 aromatic rings. The van der Waals surface area contributed by atoms with Crippen LogP contribution in [0.4, 0.5) is 14.9 Å². The highest BCUT2D eigenvalue weighted by Crippen LogP contribution is 2.26. The van der Waals surface area contributed by atoms with Crippen LogP contribution in [0.3, 0.4) is 0 Å². The van der Waals surface area contributed by atoms with Gasteiger partial charge in [-0.2, -0.15) is 0 Å². The predicted octanol–water partition coefficient (Wildman–Crippen LogP) is 2.55. The minimum atomic E-state index is -1.34. The Morgan fingerprint density at radius 1 is 1.57 bits per heavy atom. The van der Waals surface area contributed by atoms with E-state index in [1.807, 2.05) is 0 Å². The molecule has 2 amide bonds. The lowest BCUT2D eigenvalue weighted by Crippen LogP contribution is -2.46. The molecular weight excluding hydrogens is 369 g/mol. The van der Waals surface area contributed by atoms with Crippen LogP contribution in [0, 0.1) is 0 Å². The van der Waals surface area contributed by atoms with E-state index in [2.05, 4.69) is 20.9 Å². The van der Waals surface area contributed by atoms with Gasteiger partial charge in [-0.1, -0.05) is 11.6 Å². The fourth-order valence-electron chi connectivity index (χ4n) is 2.23. The highest BCUT2D eigenvalue weighted by Gasteiger charge is 2.41. The molecule has 0 unspecified atom stereocenters. The van der Waals surface area contributed by atoms with Gasteiger partial charge < -0.3 is 10.0 Å². The summed E-state index contributed by atoms with van der Waals surface area (Å²) < 4.78 is 13.9. The average molecular weight is 381 g/mol. The Morgan fingerprint density at radius 3 is 2.81 bits per heavy atom. The summed E-state index contributed by atoms with van der Waals surface area (Å²) in [5, 5.41) is 9.22. The minimum Gasteiger partial charge on any atom is -0.465 e. The number of likely N-dealkylation sites (N-methyl/N-ethyl adjacent to an activating group) is 1. The van der Waals surface area contributed by atoms with Crippen molar-refractivity contribution in [2.75, 3.05) is 18.5 Å². The van der Waals surface area contributed by atoms with Crippen molar-refractivity contribution in [3.63, 3.8) is 0 Å². The number of amides is 2. The number of hydrogen-bond acceptors (Lipinski definition) is 3. The van der Waals surface area contributed by atoms with Crippen LogP contribution in [0.25, 0.3) is 0 Å². The zero-order valence-electron chi connectivity index (χ0n) is 11.0. The van der Waals surface area contributed by atoms with E-state index in [-0.39, 0.29) is 18.1 Å². The van der Waals surface area contributed by atoms with Crippen molar-refractivity contribution in [2.24, 2.45) is 0 Å². The number of alkyl halides is 1. The lowest BCUT2D eigenvalue weighted by atomic mass is 10.2. The van der Waals surface area contributed by atoms with E-state index in [4.69, 9.17) is 16.7 Å². The van der Waals surface area contributed by atoms with E-state index in [9.17, 15) is 14.0 Å². The number of likely N-dealkylation sites (tertiary alicyclic amines) is 1. The lowest BCUT2D eigenvalue weighted by Gasteiger charge is -2.26. The van der Waals surface area contributed by atoms with Crippen LogP contribution < -0.4 is 4.90 Å². The molecule has 0 aliphatic carbocycles. The Labute approximate surface area is 133 Å². The molecule has 114 valence electrons. The molecule has 2 rings (SSSR count). The van der Waals surface area contributed by atoms with Crippen molar-refractivity contribution in [1.82, 2.24) is 9.88 Å². The van der Waals surface area contributed by atoms with Gasteiger partial charge in [0.2, 0.25) is 5.91 Å². The van der Waals surface area contributed by atoms with Gasteiger partial charge in [0.1, 0.15) is 22.0 Å². The molecule has 1 aliphatic heterocycles. The van der Waals surface area contributed by atoms with Gasteiger partial charge in [0.25, 0.3) is 0 Å². The predicted molar refractivity (Wildman–Crippen MR) is 78.4 cm³/mol. The van der Waals surface area contributed by atoms with Gasteiger partial charge in [-0.3, -0.25) is 9.69 Å². The first-order chi connectivity index (χ1) is 9.79. The molecule has 0 radical (unpaired) electrons. The monoisotopic (exact) mass is 379 g/mol. The summed E-state index contributed by atoms with van der Waals surface area (Å²) in [4.78, 5) is 29.5. The smallest absolute Gasteiger partial charge is 0.408 e. The van der Waals surface area contributed by atoms with Crippen molar-refractivity contribution in [2.45, 2.75) is 18.6 Å². The highest BCUT2D eigenvalue weighted by atomic mass is 79.9. The molecule has 1 N–H and O–H groups in total. The van der Waals surface area contributed by atoms with Gasteiger partial charge >= 0.3 is 6.09 Å². The molecule has 0 saturated carbocycles. The van der Waals surface area contributed by atoms with Crippen LogP contribution in [0.1, 0.15) is 6.42 Å². The number of carbonyl (C=O) groups excluding carboxylic acids is 1. The number of anilines is 1. The number of hydrogen-bond donors (Lipinski definition) is 1. The summed E-state index contributed by atoms with van der Waals surface area (Å²) in [5.41, 5.74) is 0.444. The molecular formula is C12H12BrClFN3O3. The first kappa shape index (κ1) is 16.0. The van der Waals surface area contributed by atoms with E-state index >= 15 is 0 Å². The largest absolute Gasteiger partial charge is 0.465 e. The van der Waals surface area contributed by atoms with Crippen molar-refractivity contribution in [3.8, 4) is 0 Å². The summed E-state index contributed by atoms with van der Waals surface area (Å²) in [7, 11) is 1.48. The summed E-state index contributed by atoms with van der Waals surface area (Å²) >= 11 is 8.98. The second-order valence-electron chi connectivity index (χ2n) is 4.65. The fourth-order valence-corrected chi connectivity index (χ4v) is 2.96. The SMILES string of the molecule is CN(C(=O)[C@@H]1C[C@@H](F)CN1C(=O)O)c1cc(Cl)nc(Br)c1. The molecule has 1 aromatic heterocycles. The molecule has 0 bridgehead atoms. The second kappa shape index (κ2) is 6.15. The number of carboxylic acid groups (broad SMARTS) is 1. The van der Waals surface area contributed by atoms with Gasteiger partial charge in [-0.05, 0) is 28.1 Å². The molecule has 2 atom stereocenters. The normalized spacial score (nSPS) is 21.4. The Morgan fingerprint density at radius 2 is 2.24 bits per heavy atom. The standard InChI is InChI=1S/C12H12BrClFN3O3/c1-17(7-3-9(13)16-10(14)4-7)11(19)8-2-6(15)5-18(8)12(20)21/h3-4,6,8H,2,5H2,1H3,(H,20,21)/t6-,8+/m1/s1. The molecule has 6 nitrogen and oxygen atoms in total. The highest BCUT2D eigenvalue weighted by molar-refractivity contribution is 9.10. The van der Waals surface area contributed by atoms with Crippen LogP contribution in [0.15, 0.2) is 16.7 Å². The van der Waals surface area contributed by atoms with E-state index in [1.54, 1.807) is 6.07 Å². The third-order valence-electron chi connectivity index (χ3n) is 3.25. The summed E-state index contributed by atoms with van der Waals surface area (Å²) in [6.07, 6.45) is -2.79. The Bertz CT molecular complexity index is 569. The van der Waals surface area contributed by atoms with Crippen molar-refractivity contribution < 1.29 is 19.1 Å². The van der Waals surface area contributed by atoms with E-state index < -0.39 is 24.2 Å². The van der Waals surface area contributed by atoms with Crippen LogP contribution in [0.5, 0.6) is 0 Å². The fraction of sp³-hybridized carbons (Fsp3) is 0.417. The number of nitrogens with zero attached hydrogens (tertiary/aromatic N) is 3. The maximum Gasteiger partial charge on any atom is 0.408 e. The second-order valence-corrected chi connectivity index (χ2v) is 5.85. The zero-order chi connectivity index (χ0) is 15.7. The van der Waals surface area contributed by atoms with Gasteiger partial charge in [0.05, 0.1) is 6.54 Å². The zero-order valence-corrected chi connectivity index (χ0v) is 13.3. The number of aromatic nitrogens is 1. The number of carbonyl (C=O) groups is 2. The van der Waals surface area contributed by atoms with Crippen LogP contribution >= 0.6 is 27.5 Å². The number of halogens is 3. The molecule has 1 fully saturated rings. The molecule has 0 aromatic carbocycles. The Hall–Kier alpha value is -1.41. The quantitative estimate of drug-likeness (QED) is 0.800. The maximum atomic E-state index is 13.4. The summed E-state index contributed by atoms with van der Waals surface area (Å²) in [6.45, 7) is -0.291. The summed E-state index contributed by atoms with van der Waals surface area (Å²) in [6, 6.07) is 2.00. The first-order valence-electron chi connectivity index (χ1n) is 6.04. The van der Waals surface area contributed by atoms with E-state index in [0.29, 0.717) is 10.3 Å². The molecule has 21 heavy (non-hydrogen) atoms. The van der Waals surface area contributed by atoms with Crippen molar-refractivity contribution in [3.05, 3.63) is 21.9 Å². The van der Waals surface area contributed by atoms with Gasteiger partial charge in [0.15, 0.2) is 0 Å². The number of rotatable bonds is 2. The molecule has 1 aliphatic rings. The van der Waals surface area contributed by atoms with E-state index in [0.717, 1.165) is 4.90 Å². The average Bonchev–Trinajstić information content (AvgIpc) is 2.78. The third-order valence-corrected chi connectivity index (χ3v) is 3.85. The van der Waals surface area contributed by atoms with Crippen LogP contribution in [-0.2, 0) is 4.79 Å². The molecule has 0 spiro atoms. The van der Waals surface area contributed by atoms with Crippen molar-refractivity contribution in [1.29, 1.82) is 0 Å². The first-order valence-corrected chi connectivity index (χ1v) is 7.21.